The average Bonchev–Trinajstić information content (AvgIpc) is 4.04. The lowest BCUT2D eigenvalue weighted by atomic mass is 9.80. The first-order valence-corrected chi connectivity index (χ1v) is 27.1. The Bertz CT molecular complexity index is 3050. The molecule has 3 atom stereocenters. The number of oxime groups is 1. The van der Waals surface area contributed by atoms with E-state index in [-0.39, 0.29) is 28.0 Å². The zero-order chi connectivity index (χ0) is 51.1. The van der Waals surface area contributed by atoms with E-state index in [0.717, 1.165) is 11.3 Å². The Balaban J connectivity index is 1.07. The number of amides is 3. The molecule has 0 radical (unpaired) electrons. The summed E-state index contributed by atoms with van der Waals surface area (Å²) in [7, 11) is -0.0339. The molecule has 73 heavy (non-hydrogen) atoms. The van der Waals surface area contributed by atoms with Crippen LogP contribution in [0.1, 0.15) is 60.4 Å². The number of fused-ring (bicyclic) bond motifs is 1. The summed E-state index contributed by atoms with van der Waals surface area (Å²) in [6.07, 6.45) is -0.0611. The van der Waals surface area contributed by atoms with Gasteiger partial charge >= 0.3 is 12.1 Å². The van der Waals surface area contributed by atoms with Crippen molar-refractivity contribution in [3.05, 3.63) is 207 Å². The number of aryl methyl sites for hydroxylation is 1. The number of ether oxygens (including phenoxy) is 2. The van der Waals surface area contributed by atoms with Crippen molar-refractivity contribution in [3.63, 3.8) is 0 Å². The minimum absolute atomic E-state index is 0.0128. The van der Waals surface area contributed by atoms with Crippen molar-refractivity contribution in [2.45, 2.75) is 54.6 Å². The summed E-state index contributed by atoms with van der Waals surface area (Å²) in [5.41, 5.74) is 0.734. The number of hydrogen-bond donors (Lipinski definition) is 2. The number of benzene rings is 5. The van der Waals surface area contributed by atoms with Crippen LogP contribution in [0.4, 0.5) is 9.93 Å². The second-order valence-corrected chi connectivity index (χ2v) is 22.3. The van der Waals surface area contributed by atoms with Crippen molar-refractivity contribution in [1.29, 1.82) is 0 Å². The summed E-state index contributed by atoms with van der Waals surface area (Å²) in [5.74, 6) is -2.55. The number of nitrogens with one attached hydrogen (secondary N) is 2. The molecule has 4 heterocycles. The van der Waals surface area contributed by atoms with Crippen LogP contribution in [-0.4, -0.2) is 86.3 Å². The fourth-order valence-corrected chi connectivity index (χ4v) is 12.9. The normalized spacial score (nSPS) is 16.8. The smallest absolute Gasteiger partial charge is 0.413 e. The SMILES string of the molecule is Cn1cnnc1SCSC1=C(C(=O)OC(c2ccccc2)c2ccccc2)N2C(=O)[C@@H](NC(=O)/C(=N\OC(c3ccccc3)(c3ccccc3)c3ccccc3)c3csc(NC(=O)OC(C)(C)C)n3)[C@@H]2S(=O)C1. The molecule has 16 nitrogen and oxygen atoms in total. The lowest BCUT2D eigenvalue weighted by Gasteiger charge is -2.49. The zero-order valence-electron chi connectivity index (χ0n) is 39.8. The van der Waals surface area contributed by atoms with Gasteiger partial charge in [0.1, 0.15) is 34.7 Å². The summed E-state index contributed by atoms with van der Waals surface area (Å²) >= 11 is 3.60. The van der Waals surface area contributed by atoms with E-state index in [1.807, 2.05) is 152 Å². The fourth-order valence-electron chi connectivity index (χ4n) is 8.18. The Labute approximate surface area is 436 Å². The van der Waals surface area contributed by atoms with Gasteiger partial charge in [0.15, 0.2) is 22.1 Å². The van der Waals surface area contributed by atoms with Crippen LogP contribution in [0.15, 0.2) is 184 Å². The standard InChI is InChI=1S/C53H48N8O8S4/c1-52(2,3)68-51(65)57-49-55-39(30-70-49)41(59-69-53(36-24-14-7-15-25-36,37-26-16-8-17-27-37)38-28-18-9-19-29-38)45(62)56-42-46(63)61-43(40(31-73(66)47(42)61)71-33-72-50-58-54-32-60(50)4)48(64)67-44(34-20-10-5-11-21-34)35-22-12-6-13-23-35/h5-30,32,42,44,47H,31,33H2,1-4H3,(H,56,62)(H,55,57,65)/b59-41-/t42-,47+,73?/m1/s1. The van der Waals surface area contributed by atoms with E-state index in [2.05, 4.69) is 31.0 Å². The molecule has 20 heteroatoms. The third-order valence-corrected chi connectivity index (χ3v) is 16.3. The van der Waals surface area contributed by atoms with Gasteiger partial charge in [0.05, 0.1) is 21.6 Å². The van der Waals surface area contributed by atoms with Crippen LogP contribution >= 0.6 is 34.9 Å². The summed E-state index contributed by atoms with van der Waals surface area (Å²) in [5, 5.41) is 19.5. The van der Waals surface area contributed by atoms with Gasteiger partial charge in [-0.25, -0.2) is 14.6 Å². The Morgan fingerprint density at radius 1 is 0.822 bits per heavy atom. The first-order valence-electron chi connectivity index (χ1n) is 22.8. The molecule has 1 saturated heterocycles. The van der Waals surface area contributed by atoms with E-state index >= 15 is 0 Å². The molecule has 5 aromatic carbocycles. The fraction of sp³-hybridized carbons (Fsp3) is 0.208. The van der Waals surface area contributed by atoms with E-state index in [9.17, 15) is 23.4 Å². The molecule has 7 aromatic rings. The first-order chi connectivity index (χ1) is 35.3. The number of carbonyl (C=O) groups excluding carboxylic acids is 4. The third-order valence-electron chi connectivity index (χ3n) is 11.5. The van der Waals surface area contributed by atoms with Crippen molar-refractivity contribution < 1.29 is 37.7 Å². The molecule has 2 aliphatic heterocycles. The predicted octanol–water partition coefficient (Wildman–Crippen LogP) is 8.77. The van der Waals surface area contributed by atoms with Gasteiger partial charge in [-0.15, -0.1) is 33.3 Å². The number of esters is 1. The first kappa shape index (κ1) is 50.5. The number of thiazole rings is 1. The van der Waals surface area contributed by atoms with E-state index < -0.39 is 63.4 Å². The van der Waals surface area contributed by atoms with Crippen LogP contribution in [0.5, 0.6) is 0 Å². The molecule has 2 aliphatic rings. The predicted molar refractivity (Wildman–Crippen MR) is 282 cm³/mol. The highest BCUT2D eigenvalue weighted by Crippen LogP contribution is 2.43. The summed E-state index contributed by atoms with van der Waals surface area (Å²) < 4.78 is 28.0. The van der Waals surface area contributed by atoms with Crippen LogP contribution in [-0.2, 0) is 52.1 Å². The molecule has 1 unspecified atom stereocenters. The van der Waals surface area contributed by atoms with Gasteiger partial charge < -0.3 is 24.2 Å². The molecule has 0 saturated carbocycles. The van der Waals surface area contributed by atoms with Gasteiger partial charge in [0.25, 0.3) is 11.8 Å². The number of carbonyl (C=O) groups is 4. The van der Waals surface area contributed by atoms with Crippen molar-refractivity contribution >= 4 is 80.4 Å². The maximum atomic E-state index is 15.0. The average molecular weight is 1050 g/mol. The van der Waals surface area contributed by atoms with Gasteiger partial charge in [-0.1, -0.05) is 169 Å². The Kier molecular flexibility index (Phi) is 15.3. The summed E-state index contributed by atoms with van der Waals surface area (Å²) in [6.45, 7) is 5.17. The van der Waals surface area contributed by atoms with Crippen molar-refractivity contribution in [3.8, 4) is 0 Å². The quantitative estimate of drug-likeness (QED) is 0.0167. The Morgan fingerprint density at radius 3 is 1.89 bits per heavy atom. The number of nitrogens with zero attached hydrogens (tertiary/aromatic N) is 6. The van der Waals surface area contributed by atoms with E-state index in [1.54, 1.807) is 38.7 Å². The Hall–Kier alpha value is -7.39. The van der Waals surface area contributed by atoms with E-state index in [4.69, 9.17) is 14.3 Å². The number of anilines is 1. The number of thioether (sulfide) groups is 2. The van der Waals surface area contributed by atoms with Gasteiger partial charge in [-0.3, -0.25) is 24.0 Å². The molecular weight excluding hydrogens is 1000 g/mol. The van der Waals surface area contributed by atoms with E-state index in [1.165, 1.54) is 33.8 Å². The minimum Gasteiger partial charge on any atom is -0.448 e. The molecular formula is C53H48N8O8S4. The summed E-state index contributed by atoms with van der Waals surface area (Å²) in [6, 6.07) is 45.2. The maximum Gasteiger partial charge on any atom is 0.413 e. The molecule has 372 valence electrons. The van der Waals surface area contributed by atoms with Crippen LogP contribution in [0, 0.1) is 0 Å². The lowest BCUT2D eigenvalue weighted by Crippen LogP contribution is -2.74. The number of rotatable bonds is 17. The third kappa shape index (κ3) is 11.2. The van der Waals surface area contributed by atoms with Crippen LogP contribution in [0.25, 0.3) is 0 Å². The molecule has 0 spiro atoms. The topological polar surface area (TPSA) is 196 Å². The zero-order valence-corrected chi connectivity index (χ0v) is 43.1. The molecule has 0 bridgehead atoms. The van der Waals surface area contributed by atoms with Crippen LogP contribution in [0.2, 0.25) is 0 Å². The molecule has 0 aliphatic carbocycles. The van der Waals surface area contributed by atoms with Crippen LogP contribution in [0.3, 0.4) is 0 Å². The lowest BCUT2D eigenvalue weighted by molar-refractivity contribution is -0.154. The largest absolute Gasteiger partial charge is 0.448 e. The number of β-lactam (4-membered cyclic amide) rings is 1. The van der Waals surface area contributed by atoms with Crippen molar-refractivity contribution in [2.75, 3.05) is 16.2 Å². The highest BCUT2D eigenvalue weighted by Gasteiger charge is 2.58. The van der Waals surface area contributed by atoms with Gasteiger partial charge in [-0.2, -0.15) is 0 Å². The summed E-state index contributed by atoms with van der Waals surface area (Å²) in [4.78, 5) is 70.2. The Morgan fingerprint density at radius 2 is 1.37 bits per heavy atom. The number of aromatic nitrogens is 4. The van der Waals surface area contributed by atoms with E-state index in [0.29, 0.717) is 43.0 Å². The second-order valence-electron chi connectivity index (χ2n) is 17.6. The van der Waals surface area contributed by atoms with Crippen LogP contribution < -0.4 is 10.6 Å². The molecule has 3 amide bonds. The van der Waals surface area contributed by atoms with Crippen molar-refractivity contribution in [2.24, 2.45) is 12.2 Å². The van der Waals surface area contributed by atoms with Gasteiger partial charge in [-0.05, 0) is 31.9 Å². The highest BCUT2D eigenvalue weighted by atomic mass is 32.2. The van der Waals surface area contributed by atoms with Gasteiger partial charge in [0.2, 0.25) is 5.60 Å². The molecule has 1 fully saturated rings. The highest BCUT2D eigenvalue weighted by molar-refractivity contribution is 8.18. The molecule has 2 N–H and O–H groups in total. The monoisotopic (exact) mass is 1050 g/mol. The van der Waals surface area contributed by atoms with Crippen molar-refractivity contribution in [1.82, 2.24) is 30.0 Å². The molecule has 2 aromatic heterocycles. The van der Waals surface area contributed by atoms with Gasteiger partial charge in [0, 0.05) is 34.0 Å². The minimum atomic E-state index is -1.84. The number of hydrogen-bond acceptors (Lipinski definition) is 15. The molecule has 9 rings (SSSR count). The second kappa shape index (κ2) is 22.2. The maximum absolute atomic E-state index is 15.0.